The Morgan fingerprint density at radius 3 is 2.61 bits per heavy atom. The zero-order chi connectivity index (χ0) is 19.2. The van der Waals surface area contributed by atoms with E-state index in [-0.39, 0.29) is 5.91 Å². The number of hydrogen-bond acceptors (Lipinski definition) is 5. The van der Waals surface area contributed by atoms with Gasteiger partial charge in [-0.15, -0.1) is 5.10 Å². The lowest BCUT2D eigenvalue weighted by atomic mass is 9.96. The van der Waals surface area contributed by atoms with Gasteiger partial charge >= 0.3 is 0 Å². The molecule has 2 aliphatic heterocycles. The molecule has 2 fully saturated rings. The lowest BCUT2D eigenvalue weighted by molar-refractivity contribution is 0.0930. The Morgan fingerprint density at radius 2 is 1.86 bits per heavy atom. The average Bonchev–Trinajstić information content (AvgIpc) is 3.25. The lowest BCUT2D eigenvalue weighted by Crippen LogP contribution is -2.38. The quantitative estimate of drug-likeness (QED) is 0.797. The highest BCUT2D eigenvalue weighted by Gasteiger charge is 2.22. The van der Waals surface area contributed by atoms with E-state index in [0.29, 0.717) is 17.7 Å². The van der Waals surface area contributed by atoms with Crippen molar-refractivity contribution in [1.82, 2.24) is 30.5 Å². The average molecular weight is 383 g/mol. The summed E-state index contributed by atoms with van der Waals surface area (Å²) in [6.07, 6.45) is 6.11. The number of carbonyl (C=O) groups is 1. The van der Waals surface area contributed by atoms with Gasteiger partial charge in [-0.2, -0.15) is 0 Å². The second-order valence-electron chi connectivity index (χ2n) is 7.98. The van der Waals surface area contributed by atoms with Gasteiger partial charge in [0.15, 0.2) is 5.69 Å². The summed E-state index contributed by atoms with van der Waals surface area (Å²) in [4.78, 5) is 14.9. The molecule has 1 aromatic heterocycles. The molecular formula is C21H30N6O. The number of rotatable bonds is 6. The highest BCUT2D eigenvalue weighted by Crippen LogP contribution is 2.19. The van der Waals surface area contributed by atoms with Crippen molar-refractivity contribution >= 4 is 5.91 Å². The number of benzene rings is 1. The van der Waals surface area contributed by atoms with E-state index in [1.807, 2.05) is 4.68 Å². The van der Waals surface area contributed by atoms with Gasteiger partial charge in [-0.3, -0.25) is 9.69 Å². The van der Waals surface area contributed by atoms with Crippen LogP contribution in [0.5, 0.6) is 0 Å². The smallest absolute Gasteiger partial charge is 0.273 e. The number of hydrogen-bond donors (Lipinski definition) is 2. The number of carbonyl (C=O) groups excluding carboxylic acids is 1. The summed E-state index contributed by atoms with van der Waals surface area (Å²) in [6, 6.07) is 11.0. The second kappa shape index (κ2) is 9.30. The number of aromatic nitrogens is 3. The molecule has 0 radical (unpaired) electrons. The van der Waals surface area contributed by atoms with Gasteiger partial charge in [0.05, 0.1) is 12.2 Å². The van der Waals surface area contributed by atoms with Crippen LogP contribution in [-0.4, -0.2) is 58.5 Å². The fourth-order valence-corrected chi connectivity index (χ4v) is 4.15. The highest BCUT2D eigenvalue weighted by molar-refractivity contribution is 5.91. The van der Waals surface area contributed by atoms with E-state index in [0.717, 1.165) is 65.0 Å². The summed E-state index contributed by atoms with van der Waals surface area (Å²) in [5, 5.41) is 14.7. The minimum absolute atomic E-state index is 0.105. The van der Waals surface area contributed by atoms with Gasteiger partial charge in [0.25, 0.3) is 5.91 Å². The number of likely N-dealkylation sites (tertiary alicyclic amines) is 1. The van der Waals surface area contributed by atoms with Crippen molar-refractivity contribution < 1.29 is 4.79 Å². The van der Waals surface area contributed by atoms with E-state index in [2.05, 4.69) is 56.2 Å². The molecule has 2 aliphatic rings. The van der Waals surface area contributed by atoms with Crippen molar-refractivity contribution in [3.05, 3.63) is 47.8 Å². The zero-order valence-electron chi connectivity index (χ0n) is 16.4. The third kappa shape index (κ3) is 4.97. The fraction of sp³-hybridized carbons (Fsp3) is 0.571. The maximum atomic E-state index is 12.4. The summed E-state index contributed by atoms with van der Waals surface area (Å²) in [5.41, 5.74) is 1.80. The van der Waals surface area contributed by atoms with Crippen molar-refractivity contribution in [2.45, 2.75) is 38.3 Å². The van der Waals surface area contributed by atoms with Crippen LogP contribution in [0.25, 0.3) is 0 Å². The van der Waals surface area contributed by atoms with Crippen molar-refractivity contribution in [1.29, 1.82) is 0 Å². The Hall–Kier alpha value is -2.25. The van der Waals surface area contributed by atoms with Crippen molar-refractivity contribution in [3.63, 3.8) is 0 Å². The molecule has 0 unspecified atom stereocenters. The van der Waals surface area contributed by atoms with Crippen molar-refractivity contribution in [2.24, 2.45) is 5.92 Å². The van der Waals surface area contributed by atoms with E-state index < -0.39 is 0 Å². The Labute approximate surface area is 166 Å². The molecule has 7 heteroatoms. The molecule has 0 spiro atoms. The predicted octanol–water partition coefficient (Wildman–Crippen LogP) is 1.84. The second-order valence-corrected chi connectivity index (χ2v) is 7.98. The number of nitrogens with one attached hydrogen (secondary N) is 2. The van der Waals surface area contributed by atoms with Gasteiger partial charge in [0.1, 0.15) is 0 Å². The molecule has 2 saturated heterocycles. The van der Waals surface area contributed by atoms with E-state index in [1.54, 1.807) is 6.20 Å². The van der Waals surface area contributed by atoms with Gasteiger partial charge in [0, 0.05) is 13.1 Å². The van der Waals surface area contributed by atoms with Crippen molar-refractivity contribution in [2.75, 3.05) is 32.7 Å². The molecule has 4 rings (SSSR count). The van der Waals surface area contributed by atoms with Crippen LogP contribution in [0.1, 0.15) is 47.8 Å². The Bertz CT molecular complexity index is 747. The Kier molecular flexibility index (Phi) is 6.34. The molecule has 1 aromatic carbocycles. The predicted molar refractivity (Wildman–Crippen MR) is 108 cm³/mol. The first-order valence-corrected chi connectivity index (χ1v) is 10.4. The Balaban J connectivity index is 1.20. The van der Waals surface area contributed by atoms with Crippen LogP contribution >= 0.6 is 0 Å². The van der Waals surface area contributed by atoms with Crippen LogP contribution in [-0.2, 0) is 6.54 Å². The summed E-state index contributed by atoms with van der Waals surface area (Å²) >= 11 is 0. The minimum atomic E-state index is -0.105. The maximum absolute atomic E-state index is 12.4. The first-order chi connectivity index (χ1) is 13.8. The zero-order valence-corrected chi connectivity index (χ0v) is 16.4. The van der Waals surface area contributed by atoms with E-state index >= 15 is 0 Å². The number of amides is 1. The van der Waals surface area contributed by atoms with E-state index in [4.69, 9.17) is 0 Å². The van der Waals surface area contributed by atoms with E-state index in [1.165, 1.54) is 5.56 Å². The summed E-state index contributed by atoms with van der Waals surface area (Å²) in [5.74, 6) is 0.433. The first-order valence-electron chi connectivity index (χ1n) is 10.4. The first kappa shape index (κ1) is 19.1. The molecule has 0 atom stereocenters. The highest BCUT2D eigenvalue weighted by atomic mass is 16.2. The summed E-state index contributed by atoms with van der Waals surface area (Å²) < 4.78 is 1.86. The van der Waals surface area contributed by atoms with E-state index in [9.17, 15) is 4.79 Å². The molecule has 1 amide bonds. The van der Waals surface area contributed by atoms with Gasteiger partial charge in [-0.25, -0.2) is 4.68 Å². The SMILES string of the molecule is O=C(NCC1CCN(Cc2ccccc2)CC1)c1cn(C2CCNCC2)nn1. The molecular weight excluding hydrogens is 352 g/mol. The molecule has 0 saturated carbocycles. The van der Waals surface area contributed by atoms with Gasteiger partial charge in [-0.05, 0) is 63.3 Å². The normalized spacial score (nSPS) is 19.6. The molecule has 0 aliphatic carbocycles. The van der Waals surface area contributed by atoms with Crippen LogP contribution in [0, 0.1) is 5.92 Å². The minimum Gasteiger partial charge on any atom is -0.350 e. The molecule has 150 valence electrons. The topological polar surface area (TPSA) is 75.1 Å². The number of piperidine rings is 2. The summed E-state index contributed by atoms with van der Waals surface area (Å²) in [6.45, 7) is 5.89. The van der Waals surface area contributed by atoms with Crippen molar-refractivity contribution in [3.8, 4) is 0 Å². The standard InChI is InChI=1S/C21H30N6O/c28-21(20-16-27(25-24-20)19-6-10-22-11-7-19)23-14-17-8-12-26(13-9-17)15-18-4-2-1-3-5-18/h1-5,16-17,19,22H,6-15H2,(H,23,28). The summed E-state index contributed by atoms with van der Waals surface area (Å²) in [7, 11) is 0. The van der Waals surface area contributed by atoms with Crippen LogP contribution < -0.4 is 10.6 Å². The fourth-order valence-electron chi connectivity index (χ4n) is 4.15. The van der Waals surface area contributed by atoms with Gasteiger partial charge in [-0.1, -0.05) is 35.5 Å². The molecule has 28 heavy (non-hydrogen) atoms. The van der Waals surface area contributed by atoms with Crippen LogP contribution in [0.2, 0.25) is 0 Å². The molecule has 7 nitrogen and oxygen atoms in total. The number of nitrogens with zero attached hydrogens (tertiary/aromatic N) is 4. The van der Waals surface area contributed by atoms with Gasteiger partial charge < -0.3 is 10.6 Å². The van der Waals surface area contributed by atoms with Gasteiger partial charge in [0.2, 0.25) is 0 Å². The molecule has 3 heterocycles. The third-order valence-electron chi connectivity index (χ3n) is 5.93. The molecule has 2 N–H and O–H groups in total. The van der Waals surface area contributed by atoms with Crippen LogP contribution in [0.4, 0.5) is 0 Å². The maximum Gasteiger partial charge on any atom is 0.273 e. The monoisotopic (exact) mass is 382 g/mol. The van der Waals surface area contributed by atoms with Crippen LogP contribution in [0.15, 0.2) is 36.5 Å². The third-order valence-corrected chi connectivity index (χ3v) is 5.93. The Morgan fingerprint density at radius 1 is 1.11 bits per heavy atom. The molecule has 0 bridgehead atoms. The van der Waals surface area contributed by atoms with Crippen LogP contribution in [0.3, 0.4) is 0 Å². The molecule has 2 aromatic rings. The largest absolute Gasteiger partial charge is 0.350 e. The lowest BCUT2D eigenvalue weighted by Gasteiger charge is -2.32.